The van der Waals surface area contributed by atoms with Gasteiger partial charge in [-0.2, -0.15) is 10.1 Å². The van der Waals surface area contributed by atoms with E-state index in [-0.39, 0.29) is 18.2 Å². The molecule has 0 bridgehead atoms. The fourth-order valence-corrected chi connectivity index (χ4v) is 4.35. The molecule has 4 rings (SSSR count). The minimum Gasteiger partial charge on any atom is -0.495 e. The number of hydrazone groups is 1. The van der Waals surface area contributed by atoms with E-state index in [0.29, 0.717) is 49.9 Å². The van der Waals surface area contributed by atoms with Crippen LogP contribution in [-0.4, -0.2) is 43.3 Å². The molecule has 0 fully saturated rings. The number of halogens is 1. The molecule has 200 valence electrons. The number of nitrogens with zero attached hydrogens (tertiary/aromatic N) is 3. The van der Waals surface area contributed by atoms with Crippen LogP contribution in [0.1, 0.15) is 12.5 Å². The smallest absolute Gasteiger partial charge is 0.280 e. The summed E-state index contributed by atoms with van der Waals surface area (Å²) >= 11 is 3.46. The molecular weight excluding hydrogens is 572 g/mol. The Hall–Kier alpha value is -4.71. The number of benzene rings is 3. The number of ether oxygens (including phenoxy) is 3. The number of nitrogens with one attached hydrogen (secondary N) is 1. The van der Waals surface area contributed by atoms with E-state index in [1.807, 2.05) is 0 Å². The van der Waals surface area contributed by atoms with Gasteiger partial charge in [0.05, 0.1) is 46.3 Å². The third kappa shape index (κ3) is 6.07. The molecule has 0 aromatic heterocycles. The molecular formula is C27H23BrN4O7. The van der Waals surface area contributed by atoms with Crippen LogP contribution in [-0.2, 0) is 9.59 Å². The van der Waals surface area contributed by atoms with Crippen molar-refractivity contribution in [2.75, 3.05) is 31.2 Å². The molecule has 0 spiro atoms. The number of anilines is 2. The number of hydrogen-bond donors (Lipinski definition) is 1. The van der Waals surface area contributed by atoms with Gasteiger partial charge in [-0.05, 0) is 70.9 Å². The molecule has 0 saturated heterocycles. The highest BCUT2D eigenvalue weighted by molar-refractivity contribution is 9.10. The maximum Gasteiger partial charge on any atom is 0.280 e. The van der Waals surface area contributed by atoms with Crippen LogP contribution in [0.4, 0.5) is 17.1 Å². The van der Waals surface area contributed by atoms with Crippen LogP contribution < -0.4 is 24.5 Å². The predicted octanol–water partition coefficient (Wildman–Crippen LogP) is 5.20. The largest absolute Gasteiger partial charge is 0.495 e. The topological polar surface area (TPSA) is 133 Å². The minimum absolute atomic E-state index is 0.0848. The van der Waals surface area contributed by atoms with Crippen LogP contribution in [0.3, 0.4) is 0 Å². The number of non-ortho nitro benzene ring substituents is 1. The highest BCUT2D eigenvalue weighted by Crippen LogP contribution is 2.38. The van der Waals surface area contributed by atoms with Crippen molar-refractivity contribution in [2.24, 2.45) is 5.10 Å². The Labute approximate surface area is 231 Å². The molecule has 39 heavy (non-hydrogen) atoms. The molecule has 0 radical (unpaired) electrons. The van der Waals surface area contributed by atoms with Gasteiger partial charge in [0.2, 0.25) is 0 Å². The van der Waals surface area contributed by atoms with E-state index in [2.05, 4.69) is 26.3 Å². The van der Waals surface area contributed by atoms with Crippen LogP contribution >= 0.6 is 15.9 Å². The Kier molecular flexibility index (Phi) is 8.25. The minimum atomic E-state index is -0.513. The predicted molar refractivity (Wildman–Crippen MR) is 149 cm³/mol. The van der Waals surface area contributed by atoms with E-state index in [1.54, 1.807) is 49.4 Å². The van der Waals surface area contributed by atoms with Gasteiger partial charge in [-0.3, -0.25) is 19.7 Å². The summed E-state index contributed by atoms with van der Waals surface area (Å²) < 4.78 is 17.0. The van der Waals surface area contributed by atoms with Gasteiger partial charge < -0.3 is 19.5 Å². The van der Waals surface area contributed by atoms with E-state index in [1.165, 1.54) is 43.5 Å². The van der Waals surface area contributed by atoms with E-state index in [9.17, 15) is 19.7 Å². The lowest BCUT2D eigenvalue weighted by Gasteiger charge is -2.14. The summed E-state index contributed by atoms with van der Waals surface area (Å²) in [6.45, 7) is 1.40. The summed E-state index contributed by atoms with van der Waals surface area (Å²) in [7, 11) is 2.98. The summed E-state index contributed by atoms with van der Waals surface area (Å²) in [5.41, 5.74) is 2.27. The first-order valence-electron chi connectivity index (χ1n) is 11.5. The summed E-state index contributed by atoms with van der Waals surface area (Å²) in [5.74, 6) is 0.396. The first kappa shape index (κ1) is 27.3. The molecule has 11 nitrogen and oxygen atoms in total. The molecule has 3 aromatic rings. The summed E-state index contributed by atoms with van der Waals surface area (Å²) in [6.07, 6.45) is 1.65. The van der Waals surface area contributed by atoms with E-state index in [0.717, 1.165) is 0 Å². The zero-order valence-corrected chi connectivity index (χ0v) is 22.7. The quantitative estimate of drug-likeness (QED) is 0.204. The van der Waals surface area contributed by atoms with Gasteiger partial charge in [0.15, 0.2) is 18.1 Å². The Morgan fingerprint density at radius 3 is 2.46 bits per heavy atom. The van der Waals surface area contributed by atoms with Crippen molar-refractivity contribution >= 4 is 56.6 Å². The second kappa shape index (κ2) is 11.8. The number of hydrogen-bond acceptors (Lipinski definition) is 8. The summed E-state index contributed by atoms with van der Waals surface area (Å²) in [4.78, 5) is 36.0. The lowest BCUT2D eigenvalue weighted by molar-refractivity contribution is -0.384. The molecule has 0 unspecified atom stereocenters. The van der Waals surface area contributed by atoms with E-state index < -0.39 is 10.8 Å². The highest BCUT2D eigenvalue weighted by Gasteiger charge is 2.29. The number of carbonyl (C=O) groups is 2. The number of carbonyl (C=O) groups excluding carboxylic acids is 2. The van der Waals surface area contributed by atoms with Gasteiger partial charge >= 0.3 is 0 Å². The van der Waals surface area contributed by atoms with Gasteiger partial charge in [-0.25, -0.2) is 0 Å². The zero-order valence-electron chi connectivity index (χ0n) is 21.1. The van der Waals surface area contributed by atoms with Crippen LogP contribution in [0.5, 0.6) is 17.2 Å². The highest BCUT2D eigenvalue weighted by atomic mass is 79.9. The molecule has 0 aliphatic carbocycles. The van der Waals surface area contributed by atoms with Crippen molar-refractivity contribution in [3.05, 3.63) is 86.4 Å². The monoisotopic (exact) mass is 594 g/mol. The second-order valence-corrected chi connectivity index (χ2v) is 9.06. The normalized spacial score (nSPS) is 13.7. The van der Waals surface area contributed by atoms with E-state index in [4.69, 9.17) is 14.2 Å². The SMILES string of the molecule is COc1ccccc1NC(=O)COc1c(Br)cc(/C=C2\C(=O)N(c3ccc([N+](=O)[O-])cc3)N=C2C)cc1OC. The first-order valence-corrected chi connectivity index (χ1v) is 12.3. The Balaban J connectivity index is 1.50. The second-order valence-electron chi connectivity index (χ2n) is 8.21. The van der Waals surface area contributed by atoms with Gasteiger partial charge in [0, 0.05) is 12.1 Å². The molecule has 0 saturated carbocycles. The number of nitro groups is 1. The Bertz CT molecular complexity index is 1500. The molecule has 1 aliphatic rings. The first-order chi connectivity index (χ1) is 18.7. The van der Waals surface area contributed by atoms with Gasteiger partial charge in [-0.1, -0.05) is 12.1 Å². The fraction of sp³-hybridized carbons (Fsp3) is 0.148. The maximum absolute atomic E-state index is 13.1. The van der Waals surface area contributed by atoms with Crippen molar-refractivity contribution in [3.8, 4) is 17.2 Å². The summed E-state index contributed by atoms with van der Waals surface area (Å²) in [5, 5.41) is 19.2. The molecule has 0 atom stereocenters. The third-order valence-electron chi connectivity index (χ3n) is 5.66. The van der Waals surface area contributed by atoms with Gasteiger partial charge in [0.1, 0.15) is 5.75 Å². The third-order valence-corrected chi connectivity index (χ3v) is 6.25. The average molecular weight is 595 g/mol. The van der Waals surface area contributed by atoms with Gasteiger partial charge in [-0.15, -0.1) is 0 Å². The molecule has 1 N–H and O–H groups in total. The van der Waals surface area contributed by atoms with Crippen LogP contribution in [0, 0.1) is 10.1 Å². The maximum atomic E-state index is 13.1. The number of methoxy groups -OCH3 is 2. The van der Waals surface area contributed by atoms with Crippen molar-refractivity contribution in [3.63, 3.8) is 0 Å². The zero-order chi connectivity index (χ0) is 28.1. The van der Waals surface area contributed by atoms with Crippen LogP contribution in [0.25, 0.3) is 6.08 Å². The fourth-order valence-electron chi connectivity index (χ4n) is 3.78. The van der Waals surface area contributed by atoms with Gasteiger partial charge in [0.25, 0.3) is 17.5 Å². The molecule has 3 aromatic carbocycles. The molecule has 2 amide bonds. The Morgan fingerprint density at radius 2 is 1.79 bits per heavy atom. The lowest BCUT2D eigenvalue weighted by Crippen LogP contribution is -2.21. The lowest BCUT2D eigenvalue weighted by atomic mass is 10.1. The van der Waals surface area contributed by atoms with Crippen LogP contribution in [0.2, 0.25) is 0 Å². The van der Waals surface area contributed by atoms with Crippen LogP contribution in [0.15, 0.2) is 75.8 Å². The molecule has 1 heterocycles. The molecule has 1 aliphatic heterocycles. The summed E-state index contributed by atoms with van der Waals surface area (Å²) in [6, 6.07) is 16.0. The van der Waals surface area contributed by atoms with Crippen molar-refractivity contribution in [2.45, 2.75) is 6.92 Å². The number of amides is 2. The van der Waals surface area contributed by atoms with E-state index >= 15 is 0 Å². The number of rotatable bonds is 9. The van der Waals surface area contributed by atoms with Crippen molar-refractivity contribution in [1.82, 2.24) is 0 Å². The Morgan fingerprint density at radius 1 is 1.10 bits per heavy atom. The van der Waals surface area contributed by atoms with Crippen molar-refractivity contribution in [1.29, 1.82) is 0 Å². The van der Waals surface area contributed by atoms with Crippen molar-refractivity contribution < 1.29 is 28.7 Å². The molecule has 12 heteroatoms. The number of para-hydroxylation sites is 2. The average Bonchev–Trinajstić information content (AvgIpc) is 3.20. The number of nitro benzene ring substituents is 1. The standard InChI is InChI=1S/C27H23BrN4O7/c1-16-20(27(34)31(30-16)18-8-10-19(11-9-18)32(35)36)12-17-13-21(28)26(24(14-17)38-3)39-15-25(33)29-22-6-4-5-7-23(22)37-2/h4-14H,15H2,1-3H3,(H,29,33)/b20-12-.